The first-order valence-corrected chi connectivity index (χ1v) is 7.07. The molecule has 5 heteroatoms. The lowest BCUT2D eigenvalue weighted by atomic mass is 10.0. The summed E-state index contributed by atoms with van der Waals surface area (Å²) in [7, 11) is 0. The Morgan fingerprint density at radius 2 is 2.05 bits per heavy atom. The predicted octanol–water partition coefficient (Wildman–Crippen LogP) is 1.74. The van der Waals surface area contributed by atoms with Crippen LogP contribution in [0, 0.1) is 0 Å². The molecule has 2 aromatic rings. The van der Waals surface area contributed by atoms with Crippen LogP contribution in [-0.2, 0) is 0 Å². The summed E-state index contributed by atoms with van der Waals surface area (Å²) < 4.78 is 0. The van der Waals surface area contributed by atoms with E-state index in [1.807, 2.05) is 18.2 Å². The largest absolute Gasteiger partial charge is 0.391 e. The molecule has 0 radical (unpaired) electrons. The molecule has 0 aliphatic carbocycles. The van der Waals surface area contributed by atoms with E-state index in [0.29, 0.717) is 18.7 Å². The van der Waals surface area contributed by atoms with Gasteiger partial charge in [-0.1, -0.05) is 12.1 Å². The molecule has 0 spiro atoms. The van der Waals surface area contributed by atoms with Crippen LogP contribution in [0.1, 0.15) is 23.2 Å². The molecule has 2 heterocycles. The predicted molar refractivity (Wildman–Crippen MR) is 78.6 cm³/mol. The van der Waals surface area contributed by atoms with Crippen molar-refractivity contribution in [1.29, 1.82) is 0 Å². The maximum Gasteiger partial charge on any atom is 0.253 e. The number of likely N-dealkylation sites (tertiary alicyclic amines) is 1. The number of carbonyl (C=O) groups excluding carboxylic acids is 1. The van der Waals surface area contributed by atoms with E-state index in [2.05, 4.69) is 9.97 Å². The number of carbonyl (C=O) groups is 1. The number of aliphatic hydroxyl groups is 1. The fourth-order valence-electron chi connectivity index (χ4n) is 2.60. The molecule has 1 aliphatic rings. The first-order valence-electron chi connectivity index (χ1n) is 7.07. The van der Waals surface area contributed by atoms with Crippen molar-refractivity contribution in [2.75, 3.05) is 13.1 Å². The Hall–Kier alpha value is -2.27. The third-order valence-electron chi connectivity index (χ3n) is 3.69. The summed E-state index contributed by atoms with van der Waals surface area (Å²) in [5.41, 5.74) is 2.43. The maximum atomic E-state index is 12.5. The van der Waals surface area contributed by atoms with Crippen LogP contribution in [0.15, 0.2) is 43.0 Å². The molecule has 3 rings (SSSR count). The SMILES string of the molecule is O=C(c1cccc(-c2cncnc2)c1)N1CCC[C@@H](O)C1. The van der Waals surface area contributed by atoms with Gasteiger partial charge in [0.2, 0.25) is 0 Å². The van der Waals surface area contributed by atoms with Crippen LogP contribution in [0.2, 0.25) is 0 Å². The van der Waals surface area contributed by atoms with Crippen LogP contribution >= 0.6 is 0 Å². The molecule has 1 fully saturated rings. The average Bonchev–Trinajstić information content (AvgIpc) is 2.55. The number of hydrogen-bond acceptors (Lipinski definition) is 4. The highest BCUT2D eigenvalue weighted by molar-refractivity contribution is 5.95. The fraction of sp³-hybridized carbons (Fsp3) is 0.312. The van der Waals surface area contributed by atoms with Crippen molar-refractivity contribution < 1.29 is 9.90 Å². The zero-order valence-electron chi connectivity index (χ0n) is 11.6. The summed E-state index contributed by atoms with van der Waals surface area (Å²) in [5.74, 6) is -0.0348. The Kier molecular flexibility index (Phi) is 3.92. The van der Waals surface area contributed by atoms with Gasteiger partial charge in [-0.05, 0) is 30.5 Å². The van der Waals surface area contributed by atoms with Gasteiger partial charge in [-0.15, -0.1) is 0 Å². The molecule has 1 atom stereocenters. The van der Waals surface area contributed by atoms with Crippen molar-refractivity contribution in [3.05, 3.63) is 48.5 Å². The first-order chi connectivity index (χ1) is 10.2. The fourth-order valence-corrected chi connectivity index (χ4v) is 2.60. The van der Waals surface area contributed by atoms with Gasteiger partial charge >= 0.3 is 0 Å². The van der Waals surface area contributed by atoms with E-state index in [-0.39, 0.29) is 5.91 Å². The molecule has 108 valence electrons. The molecule has 0 unspecified atom stereocenters. The second kappa shape index (κ2) is 6.01. The highest BCUT2D eigenvalue weighted by Crippen LogP contribution is 2.20. The van der Waals surface area contributed by atoms with Crippen molar-refractivity contribution in [3.63, 3.8) is 0 Å². The molecule has 1 N–H and O–H groups in total. The molecule has 5 nitrogen and oxygen atoms in total. The Morgan fingerprint density at radius 1 is 1.24 bits per heavy atom. The number of aromatic nitrogens is 2. The van der Waals surface area contributed by atoms with Crippen molar-refractivity contribution in [1.82, 2.24) is 14.9 Å². The zero-order chi connectivity index (χ0) is 14.7. The summed E-state index contributed by atoms with van der Waals surface area (Å²) in [5, 5.41) is 9.70. The second-order valence-electron chi connectivity index (χ2n) is 5.26. The number of amides is 1. The van der Waals surface area contributed by atoms with E-state index < -0.39 is 6.10 Å². The van der Waals surface area contributed by atoms with Gasteiger partial charge in [0.1, 0.15) is 6.33 Å². The summed E-state index contributed by atoms with van der Waals surface area (Å²) in [4.78, 5) is 22.2. The quantitative estimate of drug-likeness (QED) is 0.911. The summed E-state index contributed by atoms with van der Waals surface area (Å²) in [6.07, 6.45) is 6.13. The van der Waals surface area contributed by atoms with Crippen molar-refractivity contribution >= 4 is 5.91 Å². The van der Waals surface area contributed by atoms with Crippen LogP contribution in [0.4, 0.5) is 0 Å². The number of piperidine rings is 1. The molecule has 1 aromatic carbocycles. The van der Waals surface area contributed by atoms with Gasteiger partial charge in [-0.3, -0.25) is 4.79 Å². The highest BCUT2D eigenvalue weighted by atomic mass is 16.3. The van der Waals surface area contributed by atoms with Gasteiger partial charge in [0.05, 0.1) is 6.10 Å². The van der Waals surface area contributed by atoms with Crippen molar-refractivity contribution in [2.24, 2.45) is 0 Å². The highest BCUT2D eigenvalue weighted by Gasteiger charge is 2.23. The van der Waals surface area contributed by atoms with E-state index in [1.165, 1.54) is 6.33 Å². The maximum absolute atomic E-state index is 12.5. The van der Waals surface area contributed by atoms with Crippen LogP contribution < -0.4 is 0 Å². The summed E-state index contributed by atoms with van der Waals surface area (Å²) >= 11 is 0. The van der Waals surface area contributed by atoms with Gasteiger partial charge in [0.15, 0.2) is 0 Å². The molecule has 1 aromatic heterocycles. The molecule has 21 heavy (non-hydrogen) atoms. The van der Waals surface area contributed by atoms with Gasteiger partial charge in [-0.25, -0.2) is 9.97 Å². The summed E-state index contributed by atoms with van der Waals surface area (Å²) in [6, 6.07) is 7.44. The standard InChI is InChI=1S/C16H17N3O2/c20-15-5-2-6-19(10-15)16(21)13-4-1-3-12(7-13)14-8-17-11-18-9-14/h1,3-4,7-9,11,15,20H,2,5-6,10H2/t15-/m1/s1. The van der Waals surface area contributed by atoms with Crippen LogP contribution in [0.25, 0.3) is 11.1 Å². The average molecular weight is 283 g/mol. The zero-order valence-corrected chi connectivity index (χ0v) is 11.6. The minimum Gasteiger partial charge on any atom is -0.391 e. The Labute approximate surface area is 123 Å². The van der Waals surface area contributed by atoms with E-state index in [1.54, 1.807) is 23.4 Å². The molecular formula is C16H17N3O2. The molecule has 1 aliphatic heterocycles. The topological polar surface area (TPSA) is 66.3 Å². The van der Waals surface area contributed by atoms with Gasteiger partial charge < -0.3 is 10.0 Å². The van der Waals surface area contributed by atoms with Crippen LogP contribution in [-0.4, -0.2) is 45.1 Å². The number of hydrogen-bond donors (Lipinski definition) is 1. The van der Waals surface area contributed by atoms with Crippen molar-refractivity contribution in [2.45, 2.75) is 18.9 Å². The van der Waals surface area contributed by atoms with Crippen LogP contribution in [0.5, 0.6) is 0 Å². The number of benzene rings is 1. The Morgan fingerprint density at radius 3 is 2.81 bits per heavy atom. The Balaban J connectivity index is 1.84. The van der Waals surface area contributed by atoms with E-state index in [9.17, 15) is 9.90 Å². The van der Waals surface area contributed by atoms with E-state index in [4.69, 9.17) is 0 Å². The van der Waals surface area contributed by atoms with Gasteiger partial charge in [0.25, 0.3) is 5.91 Å². The van der Waals surface area contributed by atoms with Gasteiger partial charge in [-0.2, -0.15) is 0 Å². The minimum absolute atomic E-state index is 0.0348. The Bertz CT molecular complexity index is 630. The normalized spacial score (nSPS) is 18.5. The molecule has 1 saturated heterocycles. The monoisotopic (exact) mass is 283 g/mol. The molecule has 0 saturated carbocycles. The van der Waals surface area contributed by atoms with Crippen LogP contribution in [0.3, 0.4) is 0 Å². The van der Waals surface area contributed by atoms with Crippen molar-refractivity contribution in [3.8, 4) is 11.1 Å². The lowest BCUT2D eigenvalue weighted by Crippen LogP contribution is -2.42. The number of β-amino-alcohol motifs (C(OH)–C–C–N with tert-alkyl or cyclic N) is 1. The lowest BCUT2D eigenvalue weighted by molar-refractivity contribution is 0.0474. The van der Waals surface area contributed by atoms with Gasteiger partial charge in [0, 0.05) is 36.6 Å². The minimum atomic E-state index is -0.409. The van der Waals surface area contributed by atoms with E-state index in [0.717, 1.165) is 24.0 Å². The summed E-state index contributed by atoms with van der Waals surface area (Å²) in [6.45, 7) is 1.12. The number of rotatable bonds is 2. The number of nitrogens with zero attached hydrogens (tertiary/aromatic N) is 3. The smallest absolute Gasteiger partial charge is 0.253 e. The third kappa shape index (κ3) is 3.08. The third-order valence-corrected chi connectivity index (χ3v) is 3.69. The molecule has 0 bridgehead atoms. The van der Waals surface area contributed by atoms with E-state index >= 15 is 0 Å². The molecule has 1 amide bonds. The lowest BCUT2D eigenvalue weighted by Gasteiger charge is -2.30. The molecular weight excluding hydrogens is 266 g/mol. The second-order valence-corrected chi connectivity index (χ2v) is 5.26. The number of aliphatic hydroxyl groups excluding tert-OH is 1. The first kappa shape index (κ1) is 13.7.